The Morgan fingerprint density at radius 1 is 1.40 bits per heavy atom. The van der Waals surface area contributed by atoms with Crippen molar-refractivity contribution >= 4 is 26.0 Å². The minimum atomic E-state index is -3.47. The number of nitrogens with one attached hydrogen (secondary N) is 1. The van der Waals surface area contributed by atoms with E-state index < -0.39 is 10.0 Å². The minimum absolute atomic E-state index is 0.178. The second-order valence-electron chi connectivity index (χ2n) is 4.43. The molecule has 2 aromatic heterocycles. The summed E-state index contributed by atoms with van der Waals surface area (Å²) in [6, 6.07) is 0. The molecule has 0 spiro atoms. The quantitative estimate of drug-likeness (QED) is 0.779. The van der Waals surface area contributed by atoms with E-state index in [1.165, 1.54) is 17.1 Å². The van der Waals surface area contributed by atoms with Crippen LogP contribution < -0.4 is 4.72 Å². The monoisotopic (exact) mass is 361 g/mol. The molecule has 20 heavy (non-hydrogen) atoms. The molecule has 0 atom stereocenters. The van der Waals surface area contributed by atoms with Crippen LogP contribution in [0.5, 0.6) is 0 Å². The van der Waals surface area contributed by atoms with Crippen LogP contribution >= 0.6 is 15.9 Å². The fraction of sp³-hybridized carbons (Fsp3) is 0.455. The zero-order valence-electron chi connectivity index (χ0n) is 11.2. The number of rotatable bonds is 6. The second-order valence-corrected chi connectivity index (χ2v) is 7.05. The maximum absolute atomic E-state index is 11.9. The number of hydrogen-bond donors (Lipinski definition) is 1. The lowest BCUT2D eigenvalue weighted by Gasteiger charge is -2.04. The molecule has 1 N–H and O–H groups in total. The van der Waals surface area contributed by atoms with Gasteiger partial charge in [-0.15, -0.1) is 0 Å². The third-order valence-corrected chi connectivity index (χ3v) is 4.93. The molecule has 0 fully saturated rings. The van der Waals surface area contributed by atoms with Gasteiger partial charge in [0, 0.05) is 32.5 Å². The molecule has 0 saturated heterocycles. The Balaban J connectivity index is 1.84. The molecule has 0 aromatic carbocycles. The van der Waals surface area contributed by atoms with Crippen molar-refractivity contribution in [3.05, 3.63) is 28.8 Å². The van der Waals surface area contributed by atoms with Crippen molar-refractivity contribution in [2.75, 3.05) is 6.54 Å². The van der Waals surface area contributed by atoms with Crippen LogP contribution in [0.25, 0.3) is 0 Å². The van der Waals surface area contributed by atoms with Crippen LogP contribution in [-0.2, 0) is 23.6 Å². The van der Waals surface area contributed by atoms with Crippen LogP contribution in [0.3, 0.4) is 0 Å². The summed E-state index contributed by atoms with van der Waals surface area (Å²) in [6.45, 7) is 2.92. The predicted octanol–water partition coefficient (Wildman–Crippen LogP) is 1.06. The van der Waals surface area contributed by atoms with Crippen LogP contribution in [0.4, 0.5) is 0 Å². The van der Waals surface area contributed by atoms with Gasteiger partial charge in [-0.3, -0.25) is 9.36 Å². The molecule has 0 aliphatic rings. The Bertz CT molecular complexity index is 672. The lowest BCUT2D eigenvalue weighted by molar-refractivity contribution is 0.551. The average molecular weight is 362 g/mol. The van der Waals surface area contributed by atoms with E-state index in [0.29, 0.717) is 19.5 Å². The van der Waals surface area contributed by atoms with E-state index in [-0.39, 0.29) is 4.90 Å². The van der Waals surface area contributed by atoms with Gasteiger partial charge >= 0.3 is 0 Å². The second kappa shape index (κ2) is 6.06. The molecule has 0 unspecified atom stereocenters. The van der Waals surface area contributed by atoms with E-state index in [1.807, 2.05) is 13.1 Å². The van der Waals surface area contributed by atoms with Crippen molar-refractivity contribution in [3.63, 3.8) is 0 Å². The molecule has 0 bridgehead atoms. The van der Waals surface area contributed by atoms with E-state index in [9.17, 15) is 8.42 Å². The molecule has 0 saturated carbocycles. The van der Waals surface area contributed by atoms with Crippen LogP contribution in [-0.4, -0.2) is 34.5 Å². The number of halogens is 1. The average Bonchev–Trinajstić information content (AvgIpc) is 2.93. The van der Waals surface area contributed by atoms with Crippen molar-refractivity contribution in [3.8, 4) is 0 Å². The molecule has 2 rings (SSSR count). The maximum atomic E-state index is 11.9. The summed E-state index contributed by atoms with van der Waals surface area (Å²) in [5, 5.41) is 8.13. The Kier molecular flexibility index (Phi) is 4.61. The molecule has 110 valence electrons. The third-order valence-electron chi connectivity index (χ3n) is 2.73. The van der Waals surface area contributed by atoms with Gasteiger partial charge in [0.2, 0.25) is 10.0 Å². The number of sulfonamides is 1. The molecule has 0 amide bonds. The maximum Gasteiger partial charge on any atom is 0.243 e. The first-order valence-corrected chi connectivity index (χ1v) is 8.34. The summed E-state index contributed by atoms with van der Waals surface area (Å²) >= 11 is 3.39. The van der Waals surface area contributed by atoms with Gasteiger partial charge in [-0.05, 0) is 29.3 Å². The van der Waals surface area contributed by atoms with Crippen LogP contribution in [0.15, 0.2) is 28.0 Å². The topological polar surface area (TPSA) is 81.8 Å². The van der Waals surface area contributed by atoms with Crippen molar-refractivity contribution < 1.29 is 8.42 Å². The summed E-state index contributed by atoms with van der Waals surface area (Å²) in [5.74, 6) is 0. The molecular weight excluding hydrogens is 346 g/mol. The smallest absolute Gasteiger partial charge is 0.243 e. The standard InChI is InChI=1S/C11H16BrN5O2S/c1-9-11(12)8-17(15-9)5-3-4-14-20(18,19)10-6-13-16(2)7-10/h6-8,14H,3-5H2,1-2H3. The van der Waals surface area contributed by atoms with Gasteiger partial charge in [-0.25, -0.2) is 13.1 Å². The van der Waals surface area contributed by atoms with E-state index in [0.717, 1.165) is 10.2 Å². The van der Waals surface area contributed by atoms with Gasteiger partial charge in [0.25, 0.3) is 0 Å². The highest BCUT2D eigenvalue weighted by Crippen LogP contribution is 2.13. The Morgan fingerprint density at radius 2 is 2.15 bits per heavy atom. The number of nitrogens with zero attached hydrogens (tertiary/aromatic N) is 4. The Labute approximate surface area is 126 Å². The molecule has 2 aromatic rings. The van der Waals surface area contributed by atoms with Crippen LogP contribution in [0.1, 0.15) is 12.1 Å². The van der Waals surface area contributed by atoms with Gasteiger partial charge in [0.1, 0.15) is 4.90 Å². The zero-order chi connectivity index (χ0) is 14.8. The fourth-order valence-electron chi connectivity index (χ4n) is 1.68. The molecule has 9 heteroatoms. The summed E-state index contributed by atoms with van der Waals surface area (Å²) in [7, 11) is -1.79. The fourth-order valence-corrected chi connectivity index (χ4v) is 3.05. The van der Waals surface area contributed by atoms with E-state index in [2.05, 4.69) is 30.8 Å². The largest absolute Gasteiger partial charge is 0.274 e. The molecule has 0 aliphatic carbocycles. The first-order chi connectivity index (χ1) is 9.38. The summed E-state index contributed by atoms with van der Waals surface area (Å²) in [6.07, 6.45) is 5.34. The molecule has 2 heterocycles. The van der Waals surface area contributed by atoms with E-state index >= 15 is 0 Å². The number of aromatic nitrogens is 4. The van der Waals surface area contributed by atoms with E-state index in [1.54, 1.807) is 11.7 Å². The van der Waals surface area contributed by atoms with Crippen LogP contribution in [0, 0.1) is 6.92 Å². The highest BCUT2D eigenvalue weighted by molar-refractivity contribution is 9.10. The first kappa shape index (κ1) is 15.2. The lowest BCUT2D eigenvalue weighted by atomic mass is 10.4. The summed E-state index contributed by atoms with van der Waals surface area (Å²) < 4.78 is 30.6. The first-order valence-electron chi connectivity index (χ1n) is 6.06. The van der Waals surface area contributed by atoms with Gasteiger partial charge in [0.05, 0.1) is 16.4 Å². The summed E-state index contributed by atoms with van der Waals surface area (Å²) in [5.41, 5.74) is 0.918. The van der Waals surface area contributed by atoms with Crippen LogP contribution in [0.2, 0.25) is 0 Å². The number of hydrogen-bond acceptors (Lipinski definition) is 4. The number of aryl methyl sites for hydroxylation is 3. The van der Waals surface area contributed by atoms with Crippen molar-refractivity contribution in [1.29, 1.82) is 0 Å². The van der Waals surface area contributed by atoms with E-state index in [4.69, 9.17) is 0 Å². The molecule has 0 radical (unpaired) electrons. The van der Waals surface area contributed by atoms with Gasteiger partial charge in [0.15, 0.2) is 0 Å². The third kappa shape index (κ3) is 3.68. The van der Waals surface area contributed by atoms with Gasteiger partial charge < -0.3 is 0 Å². The molecule has 0 aliphatic heterocycles. The molecule has 7 nitrogen and oxygen atoms in total. The normalized spacial score (nSPS) is 11.9. The predicted molar refractivity (Wildman–Crippen MR) is 77.7 cm³/mol. The highest BCUT2D eigenvalue weighted by atomic mass is 79.9. The van der Waals surface area contributed by atoms with Gasteiger partial charge in [-0.1, -0.05) is 0 Å². The SMILES string of the molecule is Cc1nn(CCCNS(=O)(=O)c2cnn(C)c2)cc1Br. The van der Waals surface area contributed by atoms with Gasteiger partial charge in [-0.2, -0.15) is 10.2 Å². The lowest BCUT2D eigenvalue weighted by Crippen LogP contribution is -2.25. The highest BCUT2D eigenvalue weighted by Gasteiger charge is 2.15. The summed E-state index contributed by atoms with van der Waals surface area (Å²) in [4.78, 5) is 0.178. The minimum Gasteiger partial charge on any atom is -0.274 e. The van der Waals surface area contributed by atoms with Crippen molar-refractivity contribution in [2.24, 2.45) is 7.05 Å². The van der Waals surface area contributed by atoms with Crippen molar-refractivity contribution in [1.82, 2.24) is 24.3 Å². The Morgan fingerprint density at radius 3 is 2.70 bits per heavy atom. The van der Waals surface area contributed by atoms with Crippen molar-refractivity contribution in [2.45, 2.75) is 24.8 Å². The Hall–Kier alpha value is -1.19. The molecular formula is C11H16BrN5O2S. The zero-order valence-corrected chi connectivity index (χ0v) is 13.6.